The third-order valence-corrected chi connectivity index (χ3v) is 6.89. The number of rotatable bonds is 22. The summed E-state index contributed by atoms with van der Waals surface area (Å²) in [5.74, 6) is 0.525. The highest BCUT2D eigenvalue weighted by molar-refractivity contribution is 7.48. The fourth-order valence-corrected chi connectivity index (χ4v) is 4.79. The predicted octanol–water partition coefficient (Wildman–Crippen LogP) is 9.49. The SMILES string of the molecule is CCCCCCCCCCCCOP(=O)(OCCCCCCCC)Oc1ccccc1. The third kappa shape index (κ3) is 16.5. The van der Waals surface area contributed by atoms with Crippen molar-refractivity contribution in [2.24, 2.45) is 0 Å². The molecule has 0 saturated carbocycles. The lowest BCUT2D eigenvalue weighted by Gasteiger charge is -2.18. The molecule has 180 valence electrons. The number of para-hydroxylation sites is 1. The second-order valence-electron chi connectivity index (χ2n) is 8.47. The van der Waals surface area contributed by atoms with Gasteiger partial charge in [-0.05, 0) is 25.0 Å². The van der Waals surface area contributed by atoms with Crippen molar-refractivity contribution in [2.75, 3.05) is 13.2 Å². The molecular formula is C26H47O4P. The monoisotopic (exact) mass is 454 g/mol. The van der Waals surface area contributed by atoms with Gasteiger partial charge in [-0.3, -0.25) is 9.05 Å². The summed E-state index contributed by atoms with van der Waals surface area (Å²) in [6, 6.07) is 9.18. The van der Waals surface area contributed by atoms with Crippen LogP contribution in [0.3, 0.4) is 0 Å². The highest BCUT2D eigenvalue weighted by Crippen LogP contribution is 2.49. The topological polar surface area (TPSA) is 44.8 Å². The number of benzene rings is 1. The average molecular weight is 455 g/mol. The van der Waals surface area contributed by atoms with Crippen molar-refractivity contribution in [1.29, 1.82) is 0 Å². The number of hydrogen-bond acceptors (Lipinski definition) is 4. The van der Waals surface area contributed by atoms with Crippen molar-refractivity contribution in [3.63, 3.8) is 0 Å². The first-order valence-electron chi connectivity index (χ1n) is 12.8. The van der Waals surface area contributed by atoms with Crippen molar-refractivity contribution in [1.82, 2.24) is 0 Å². The average Bonchev–Trinajstić information content (AvgIpc) is 2.77. The molecule has 0 aliphatic rings. The summed E-state index contributed by atoms with van der Waals surface area (Å²) in [7, 11) is -3.58. The van der Waals surface area contributed by atoms with Crippen LogP contribution in [0.25, 0.3) is 0 Å². The molecule has 0 aromatic heterocycles. The number of hydrogen-bond donors (Lipinski definition) is 0. The quantitative estimate of drug-likeness (QED) is 0.129. The van der Waals surface area contributed by atoms with Crippen LogP contribution in [0.1, 0.15) is 117 Å². The van der Waals surface area contributed by atoms with Gasteiger partial charge in [0.05, 0.1) is 13.2 Å². The molecule has 4 nitrogen and oxygen atoms in total. The predicted molar refractivity (Wildman–Crippen MR) is 132 cm³/mol. The molecule has 5 heteroatoms. The molecule has 0 bridgehead atoms. The smallest absolute Gasteiger partial charge is 0.404 e. The number of unbranched alkanes of at least 4 members (excludes halogenated alkanes) is 14. The standard InChI is InChI=1S/C26H47O4P/c1-3-5-7-9-11-12-13-14-16-21-25-29-31(27,30-26-22-18-17-19-23-26)28-24-20-15-10-8-6-4-2/h17-19,22-23H,3-16,20-21,24-25H2,1-2H3. The lowest BCUT2D eigenvalue weighted by Crippen LogP contribution is -2.05. The van der Waals surface area contributed by atoms with Crippen LogP contribution in [0, 0.1) is 0 Å². The van der Waals surface area contributed by atoms with Gasteiger partial charge in [-0.15, -0.1) is 0 Å². The van der Waals surface area contributed by atoms with E-state index in [0.717, 1.165) is 25.7 Å². The number of phosphoric ester groups is 1. The van der Waals surface area contributed by atoms with Gasteiger partial charge in [-0.25, -0.2) is 4.57 Å². The van der Waals surface area contributed by atoms with E-state index in [0.29, 0.717) is 19.0 Å². The molecule has 1 atom stereocenters. The first kappa shape index (κ1) is 28.2. The Balaban J connectivity index is 2.24. The maximum Gasteiger partial charge on any atom is 0.530 e. The van der Waals surface area contributed by atoms with Crippen LogP contribution in [0.2, 0.25) is 0 Å². The van der Waals surface area contributed by atoms with Crippen LogP contribution < -0.4 is 4.52 Å². The van der Waals surface area contributed by atoms with Gasteiger partial charge in [-0.1, -0.05) is 122 Å². The summed E-state index contributed by atoms with van der Waals surface area (Å²) in [5, 5.41) is 0. The van der Waals surface area contributed by atoms with Gasteiger partial charge in [0.2, 0.25) is 0 Å². The molecule has 0 spiro atoms. The second-order valence-corrected chi connectivity index (χ2v) is 10.1. The summed E-state index contributed by atoms with van der Waals surface area (Å²) in [5.41, 5.74) is 0. The summed E-state index contributed by atoms with van der Waals surface area (Å²) in [6.07, 6.45) is 19.5. The van der Waals surface area contributed by atoms with E-state index >= 15 is 0 Å². The van der Waals surface area contributed by atoms with Crippen LogP contribution in [0.15, 0.2) is 30.3 Å². The zero-order valence-corrected chi connectivity index (χ0v) is 21.1. The van der Waals surface area contributed by atoms with E-state index < -0.39 is 7.82 Å². The Morgan fingerprint density at radius 2 is 0.968 bits per heavy atom. The van der Waals surface area contributed by atoms with Gasteiger partial charge in [0.1, 0.15) is 5.75 Å². The zero-order valence-electron chi connectivity index (χ0n) is 20.2. The zero-order chi connectivity index (χ0) is 22.5. The lowest BCUT2D eigenvalue weighted by molar-refractivity contribution is 0.150. The molecule has 0 amide bonds. The summed E-state index contributed by atoms with van der Waals surface area (Å²) in [4.78, 5) is 0. The van der Waals surface area contributed by atoms with Crippen LogP contribution in [-0.2, 0) is 13.6 Å². The third-order valence-electron chi connectivity index (χ3n) is 5.46. The molecule has 1 aromatic carbocycles. The Bertz CT molecular complexity index is 550. The van der Waals surface area contributed by atoms with Gasteiger partial charge in [-0.2, -0.15) is 0 Å². The van der Waals surface area contributed by atoms with E-state index in [1.165, 1.54) is 77.0 Å². The molecule has 0 fully saturated rings. The summed E-state index contributed by atoms with van der Waals surface area (Å²) >= 11 is 0. The molecule has 31 heavy (non-hydrogen) atoms. The first-order chi connectivity index (χ1) is 15.2. The highest BCUT2D eigenvalue weighted by atomic mass is 31.2. The normalized spacial score (nSPS) is 13.2. The maximum atomic E-state index is 13.1. The van der Waals surface area contributed by atoms with E-state index in [1.54, 1.807) is 12.1 Å². The van der Waals surface area contributed by atoms with Gasteiger partial charge < -0.3 is 4.52 Å². The van der Waals surface area contributed by atoms with E-state index in [9.17, 15) is 4.57 Å². The van der Waals surface area contributed by atoms with Crippen molar-refractivity contribution in [3.05, 3.63) is 30.3 Å². The van der Waals surface area contributed by atoms with Crippen LogP contribution in [-0.4, -0.2) is 13.2 Å². The van der Waals surface area contributed by atoms with E-state index in [1.807, 2.05) is 18.2 Å². The van der Waals surface area contributed by atoms with E-state index in [2.05, 4.69) is 13.8 Å². The van der Waals surface area contributed by atoms with Crippen molar-refractivity contribution in [3.8, 4) is 5.75 Å². The number of phosphoric acid groups is 1. The van der Waals surface area contributed by atoms with Gasteiger partial charge in [0.15, 0.2) is 0 Å². The Hall–Kier alpha value is -0.830. The van der Waals surface area contributed by atoms with Crippen molar-refractivity contribution < 1.29 is 18.1 Å². The van der Waals surface area contributed by atoms with Gasteiger partial charge in [0, 0.05) is 0 Å². The van der Waals surface area contributed by atoms with Crippen LogP contribution in [0.5, 0.6) is 5.75 Å². The van der Waals surface area contributed by atoms with Crippen LogP contribution >= 0.6 is 7.82 Å². The molecule has 0 aliphatic heterocycles. The largest absolute Gasteiger partial charge is 0.530 e. The van der Waals surface area contributed by atoms with Crippen molar-refractivity contribution in [2.45, 2.75) is 117 Å². The fraction of sp³-hybridized carbons (Fsp3) is 0.769. The highest BCUT2D eigenvalue weighted by Gasteiger charge is 2.28. The van der Waals surface area contributed by atoms with Gasteiger partial charge >= 0.3 is 7.82 Å². The Morgan fingerprint density at radius 1 is 0.581 bits per heavy atom. The summed E-state index contributed by atoms with van der Waals surface area (Å²) < 4.78 is 30.1. The molecule has 0 heterocycles. The lowest BCUT2D eigenvalue weighted by atomic mass is 10.1. The van der Waals surface area contributed by atoms with E-state index in [-0.39, 0.29) is 0 Å². The van der Waals surface area contributed by atoms with Crippen molar-refractivity contribution >= 4 is 7.82 Å². The minimum atomic E-state index is -3.58. The molecule has 0 N–H and O–H groups in total. The Labute approximate surface area is 192 Å². The minimum absolute atomic E-state index is 0.411. The Kier molecular flexibility index (Phi) is 18.0. The molecular weight excluding hydrogens is 407 g/mol. The summed E-state index contributed by atoms with van der Waals surface area (Å²) in [6.45, 7) is 5.29. The molecule has 1 unspecified atom stereocenters. The molecule has 0 saturated heterocycles. The molecule has 1 aromatic rings. The first-order valence-corrected chi connectivity index (χ1v) is 14.3. The van der Waals surface area contributed by atoms with Crippen LogP contribution in [0.4, 0.5) is 0 Å². The molecule has 0 aliphatic carbocycles. The fourth-order valence-electron chi connectivity index (χ4n) is 3.53. The molecule has 1 rings (SSSR count). The Morgan fingerprint density at radius 3 is 1.39 bits per heavy atom. The molecule has 0 radical (unpaired) electrons. The maximum absolute atomic E-state index is 13.1. The second kappa shape index (κ2) is 19.8. The van der Waals surface area contributed by atoms with Gasteiger partial charge in [0.25, 0.3) is 0 Å². The minimum Gasteiger partial charge on any atom is -0.404 e. The van der Waals surface area contributed by atoms with E-state index in [4.69, 9.17) is 13.6 Å².